The van der Waals surface area contributed by atoms with Crippen molar-refractivity contribution in [3.63, 3.8) is 0 Å². The van der Waals surface area contributed by atoms with Crippen LogP contribution in [0.5, 0.6) is 5.75 Å². The second-order valence-electron chi connectivity index (χ2n) is 6.42. The average molecular weight is 443 g/mol. The van der Waals surface area contributed by atoms with Gasteiger partial charge in [-0.2, -0.15) is 0 Å². The first-order chi connectivity index (χ1) is 14.4. The fourth-order valence-electron chi connectivity index (χ4n) is 2.59. The van der Waals surface area contributed by atoms with Gasteiger partial charge in [-0.05, 0) is 67.6 Å². The number of thioether (sulfide) groups is 1. The molecular weight excluding hydrogens is 420 g/mol. The third-order valence-corrected chi connectivity index (χ3v) is 6.71. The normalized spacial score (nSPS) is 12.1. The summed E-state index contributed by atoms with van der Waals surface area (Å²) in [4.78, 5) is 13.5. The number of nitrogens with one attached hydrogen (secondary N) is 2. The Morgan fingerprint density at radius 2 is 1.53 bits per heavy atom. The molecule has 6 nitrogen and oxygen atoms in total. The number of hydrogen-bond donors (Lipinski definition) is 2. The lowest BCUT2D eigenvalue weighted by atomic mass is 10.3. The zero-order valence-corrected chi connectivity index (χ0v) is 18.2. The lowest BCUT2D eigenvalue weighted by Gasteiger charge is -2.13. The average Bonchev–Trinajstić information content (AvgIpc) is 2.75. The van der Waals surface area contributed by atoms with Gasteiger partial charge in [-0.1, -0.05) is 18.2 Å². The van der Waals surface area contributed by atoms with Gasteiger partial charge in [0.05, 0.1) is 17.3 Å². The second-order valence-corrected chi connectivity index (χ2v) is 9.52. The van der Waals surface area contributed by atoms with E-state index >= 15 is 0 Å². The fraction of sp³-hybridized carbons (Fsp3) is 0.136. The first-order valence-electron chi connectivity index (χ1n) is 9.17. The monoisotopic (exact) mass is 442 g/mol. The number of amides is 1. The van der Waals surface area contributed by atoms with E-state index in [9.17, 15) is 13.2 Å². The molecule has 0 saturated carbocycles. The Balaban J connectivity index is 1.60. The number of carbonyl (C=O) groups excluding carboxylic acids is 1. The Labute approximate surface area is 180 Å². The standard InChI is InChI=1S/C22H22N2O4S2/c1-16(29-20-12-10-19(28-2)11-13-20)22(25)23-17-8-14-21(15-9-17)30(26,27)24-18-6-4-3-5-7-18/h3-16,24H,1-2H3,(H,23,25)/t16-/m0/s1. The number of methoxy groups -OCH3 is 1. The van der Waals surface area contributed by atoms with E-state index in [1.807, 2.05) is 37.3 Å². The van der Waals surface area contributed by atoms with Crippen molar-refractivity contribution in [2.45, 2.75) is 22.0 Å². The summed E-state index contributed by atoms with van der Waals surface area (Å²) in [5.41, 5.74) is 1.01. The number of ether oxygens (including phenoxy) is 1. The van der Waals surface area contributed by atoms with Gasteiger partial charge in [0.2, 0.25) is 5.91 Å². The van der Waals surface area contributed by atoms with Crippen molar-refractivity contribution in [1.82, 2.24) is 0 Å². The van der Waals surface area contributed by atoms with Gasteiger partial charge >= 0.3 is 0 Å². The third kappa shape index (κ3) is 5.77. The Bertz CT molecular complexity index is 1080. The van der Waals surface area contributed by atoms with Crippen LogP contribution < -0.4 is 14.8 Å². The van der Waals surface area contributed by atoms with Crippen LogP contribution in [0.3, 0.4) is 0 Å². The van der Waals surface area contributed by atoms with E-state index in [1.54, 1.807) is 43.5 Å². The smallest absolute Gasteiger partial charge is 0.261 e. The van der Waals surface area contributed by atoms with Crippen molar-refractivity contribution in [2.75, 3.05) is 17.1 Å². The van der Waals surface area contributed by atoms with Gasteiger partial charge in [0.25, 0.3) is 10.0 Å². The predicted molar refractivity (Wildman–Crippen MR) is 121 cm³/mol. The van der Waals surface area contributed by atoms with Gasteiger partial charge in [-0.25, -0.2) is 8.42 Å². The summed E-state index contributed by atoms with van der Waals surface area (Å²) in [5, 5.41) is 2.48. The predicted octanol–water partition coefficient (Wildman–Crippen LogP) is 4.62. The van der Waals surface area contributed by atoms with Crippen molar-refractivity contribution in [3.8, 4) is 5.75 Å². The summed E-state index contributed by atoms with van der Waals surface area (Å²) in [6, 6.07) is 22.2. The molecule has 3 aromatic carbocycles. The molecule has 0 bridgehead atoms. The molecule has 2 N–H and O–H groups in total. The lowest BCUT2D eigenvalue weighted by Crippen LogP contribution is -2.22. The van der Waals surface area contributed by atoms with E-state index in [-0.39, 0.29) is 16.1 Å². The summed E-state index contributed by atoms with van der Waals surface area (Å²) in [6.07, 6.45) is 0. The first kappa shape index (κ1) is 21.7. The second kappa shape index (κ2) is 9.69. The molecule has 0 spiro atoms. The van der Waals surface area contributed by atoms with E-state index in [0.29, 0.717) is 11.4 Å². The minimum absolute atomic E-state index is 0.116. The molecule has 156 valence electrons. The highest BCUT2D eigenvalue weighted by Crippen LogP contribution is 2.26. The molecule has 0 unspecified atom stereocenters. The molecule has 0 heterocycles. The molecular formula is C22H22N2O4S2. The van der Waals surface area contributed by atoms with Crippen molar-refractivity contribution in [1.29, 1.82) is 0 Å². The number of para-hydroxylation sites is 1. The summed E-state index contributed by atoms with van der Waals surface area (Å²) in [7, 11) is -2.09. The Morgan fingerprint density at radius 3 is 2.13 bits per heavy atom. The molecule has 0 aliphatic heterocycles. The highest BCUT2D eigenvalue weighted by atomic mass is 32.2. The van der Waals surface area contributed by atoms with E-state index in [1.165, 1.54) is 23.9 Å². The van der Waals surface area contributed by atoms with Crippen LogP contribution in [0.1, 0.15) is 6.92 Å². The van der Waals surface area contributed by atoms with Crippen molar-refractivity contribution < 1.29 is 17.9 Å². The van der Waals surface area contributed by atoms with Crippen molar-refractivity contribution in [2.24, 2.45) is 0 Å². The van der Waals surface area contributed by atoms with E-state index < -0.39 is 10.0 Å². The Kier molecular flexibility index (Phi) is 7.02. The number of carbonyl (C=O) groups is 1. The van der Waals surface area contributed by atoms with E-state index in [2.05, 4.69) is 10.0 Å². The third-order valence-electron chi connectivity index (χ3n) is 4.20. The molecule has 3 rings (SSSR count). The summed E-state index contributed by atoms with van der Waals surface area (Å²) in [5.74, 6) is 0.585. The summed E-state index contributed by atoms with van der Waals surface area (Å²) >= 11 is 1.43. The van der Waals surface area contributed by atoms with Crippen LogP contribution in [0, 0.1) is 0 Å². The van der Waals surface area contributed by atoms with Crippen LogP contribution in [0.15, 0.2) is 88.7 Å². The van der Waals surface area contributed by atoms with Gasteiger partial charge in [-0.15, -0.1) is 11.8 Å². The van der Waals surface area contributed by atoms with E-state index in [0.717, 1.165) is 10.6 Å². The molecule has 30 heavy (non-hydrogen) atoms. The highest BCUT2D eigenvalue weighted by Gasteiger charge is 2.17. The van der Waals surface area contributed by atoms with Gasteiger partial charge < -0.3 is 10.1 Å². The molecule has 8 heteroatoms. The van der Waals surface area contributed by atoms with Gasteiger partial charge in [0.1, 0.15) is 5.75 Å². The van der Waals surface area contributed by atoms with Crippen LogP contribution in [-0.2, 0) is 14.8 Å². The molecule has 0 aromatic heterocycles. The molecule has 0 radical (unpaired) electrons. The zero-order chi connectivity index (χ0) is 21.6. The van der Waals surface area contributed by atoms with E-state index in [4.69, 9.17) is 4.74 Å². The van der Waals surface area contributed by atoms with Crippen LogP contribution in [0.4, 0.5) is 11.4 Å². The fourth-order valence-corrected chi connectivity index (χ4v) is 4.52. The van der Waals surface area contributed by atoms with Crippen LogP contribution in [0.2, 0.25) is 0 Å². The van der Waals surface area contributed by atoms with Gasteiger partial charge in [-0.3, -0.25) is 9.52 Å². The number of hydrogen-bond acceptors (Lipinski definition) is 5. The SMILES string of the molecule is COc1ccc(S[C@@H](C)C(=O)Nc2ccc(S(=O)(=O)Nc3ccccc3)cc2)cc1. The molecule has 0 aliphatic rings. The maximum absolute atomic E-state index is 12.5. The highest BCUT2D eigenvalue weighted by molar-refractivity contribution is 8.00. The largest absolute Gasteiger partial charge is 0.497 e. The topological polar surface area (TPSA) is 84.5 Å². The van der Waals surface area contributed by atoms with Crippen LogP contribution in [0.25, 0.3) is 0 Å². The van der Waals surface area contributed by atoms with Crippen molar-refractivity contribution in [3.05, 3.63) is 78.9 Å². The quantitative estimate of drug-likeness (QED) is 0.498. The number of benzene rings is 3. The minimum Gasteiger partial charge on any atom is -0.497 e. The first-order valence-corrected chi connectivity index (χ1v) is 11.5. The summed E-state index contributed by atoms with van der Waals surface area (Å²) in [6.45, 7) is 1.81. The van der Waals surface area contributed by atoms with Gasteiger partial charge in [0.15, 0.2) is 0 Å². The Morgan fingerprint density at radius 1 is 0.900 bits per heavy atom. The maximum Gasteiger partial charge on any atom is 0.261 e. The molecule has 1 amide bonds. The number of anilines is 2. The summed E-state index contributed by atoms with van der Waals surface area (Å²) < 4.78 is 32.6. The number of sulfonamides is 1. The molecule has 0 saturated heterocycles. The number of rotatable bonds is 8. The molecule has 0 aliphatic carbocycles. The molecule has 1 atom stereocenters. The van der Waals surface area contributed by atoms with Crippen LogP contribution in [-0.4, -0.2) is 26.7 Å². The molecule has 3 aromatic rings. The van der Waals surface area contributed by atoms with Crippen LogP contribution >= 0.6 is 11.8 Å². The van der Waals surface area contributed by atoms with Crippen molar-refractivity contribution >= 4 is 39.1 Å². The minimum atomic E-state index is -3.70. The lowest BCUT2D eigenvalue weighted by molar-refractivity contribution is -0.115. The maximum atomic E-state index is 12.5. The molecule has 0 fully saturated rings. The Hall–Kier alpha value is -2.97. The zero-order valence-electron chi connectivity index (χ0n) is 16.5. The van der Waals surface area contributed by atoms with Gasteiger partial charge in [0, 0.05) is 16.3 Å².